The molecule has 1 saturated heterocycles. The van der Waals surface area contributed by atoms with E-state index in [-0.39, 0.29) is 17.5 Å². The summed E-state index contributed by atoms with van der Waals surface area (Å²) in [6.07, 6.45) is 3.72. The summed E-state index contributed by atoms with van der Waals surface area (Å²) in [5.74, 6) is 0.214. The minimum absolute atomic E-state index is 0.0844. The second-order valence-corrected chi connectivity index (χ2v) is 5.23. The Morgan fingerprint density at radius 3 is 2.82 bits per heavy atom. The molecule has 3 aliphatic rings. The molecule has 2 aliphatic carbocycles. The van der Waals surface area contributed by atoms with Gasteiger partial charge in [-0.2, -0.15) is 0 Å². The highest BCUT2D eigenvalue weighted by Gasteiger charge is 2.58. The predicted molar refractivity (Wildman–Crippen MR) is 58.3 cm³/mol. The Labute approximate surface area is 98.7 Å². The molecule has 0 aromatic rings. The number of carbonyl (C=O) groups excluding carboxylic acids is 1. The first-order valence-corrected chi connectivity index (χ1v) is 6.06. The van der Waals surface area contributed by atoms with Crippen LogP contribution in [0.5, 0.6) is 0 Å². The third kappa shape index (κ3) is 1.25. The van der Waals surface area contributed by atoms with Gasteiger partial charge in [0.15, 0.2) is 0 Å². The monoisotopic (exact) mass is 237 g/mol. The minimum Gasteiger partial charge on any atom is -0.515 e. The van der Waals surface area contributed by atoms with E-state index < -0.39 is 12.0 Å². The van der Waals surface area contributed by atoms with E-state index in [0.717, 1.165) is 36.8 Å². The summed E-state index contributed by atoms with van der Waals surface area (Å²) in [5, 5.41) is 18.3. The van der Waals surface area contributed by atoms with Gasteiger partial charge in [-0.15, -0.1) is 0 Å². The number of imide groups is 1. The van der Waals surface area contributed by atoms with E-state index in [1.165, 1.54) is 0 Å². The normalized spacial score (nSPS) is 42.0. The lowest BCUT2D eigenvalue weighted by atomic mass is 9.94. The number of aliphatic hydroxyl groups is 1. The van der Waals surface area contributed by atoms with E-state index in [1.54, 1.807) is 0 Å². The Bertz CT molecular complexity index is 417. The number of hydrogen-bond acceptors (Lipinski definition) is 3. The molecule has 3 fully saturated rings. The van der Waals surface area contributed by atoms with Gasteiger partial charge in [0.25, 0.3) is 5.91 Å². The van der Waals surface area contributed by atoms with E-state index in [1.807, 2.05) is 0 Å². The summed E-state index contributed by atoms with van der Waals surface area (Å²) < 4.78 is 0. The van der Waals surface area contributed by atoms with Crippen LogP contribution in [0.15, 0.2) is 11.8 Å². The van der Waals surface area contributed by atoms with Gasteiger partial charge in [-0.1, -0.05) is 12.8 Å². The number of nitrogens with zero attached hydrogens (tertiary/aromatic N) is 1. The van der Waals surface area contributed by atoms with E-state index in [0.29, 0.717) is 11.8 Å². The second kappa shape index (κ2) is 3.48. The Kier molecular flexibility index (Phi) is 2.18. The fourth-order valence-electron chi connectivity index (χ4n) is 4.05. The Morgan fingerprint density at radius 1 is 1.41 bits per heavy atom. The molecular formula is C12H15NO4. The summed E-state index contributed by atoms with van der Waals surface area (Å²) in [7, 11) is 0. The van der Waals surface area contributed by atoms with Crippen LogP contribution in [0.4, 0.5) is 4.79 Å². The van der Waals surface area contributed by atoms with Crippen LogP contribution in [-0.4, -0.2) is 33.2 Å². The maximum Gasteiger partial charge on any atom is 0.414 e. The number of fused-ring (bicyclic) bond motifs is 3. The summed E-state index contributed by atoms with van der Waals surface area (Å²) in [6, 6.07) is -0.231. The Balaban J connectivity index is 2.01. The standard InChI is InChI=1S/C12H15NO4/c14-5-9-8-4-6-2-1-3-7(6)10(8)13(11(9)15)12(16)17/h5-8,10,14H,1-4H2,(H,16,17)/t6-,7-,8+,10+/m0/s1. The molecule has 4 atom stereocenters. The smallest absolute Gasteiger partial charge is 0.414 e. The third-order valence-electron chi connectivity index (χ3n) is 4.63. The zero-order valence-corrected chi connectivity index (χ0v) is 9.37. The van der Waals surface area contributed by atoms with Gasteiger partial charge in [0.2, 0.25) is 0 Å². The van der Waals surface area contributed by atoms with E-state index in [9.17, 15) is 9.59 Å². The van der Waals surface area contributed by atoms with E-state index in [2.05, 4.69) is 0 Å². The Morgan fingerprint density at radius 2 is 2.18 bits per heavy atom. The average Bonchev–Trinajstić information content (AvgIpc) is 2.87. The maximum absolute atomic E-state index is 11.9. The minimum atomic E-state index is -1.19. The molecule has 3 rings (SSSR count). The molecule has 0 aromatic heterocycles. The predicted octanol–water partition coefficient (Wildman–Crippen LogP) is 1.75. The number of likely N-dealkylation sites (tertiary alicyclic amines) is 1. The first-order chi connectivity index (χ1) is 8.15. The molecule has 1 heterocycles. The summed E-state index contributed by atoms with van der Waals surface area (Å²) in [4.78, 5) is 24.0. The molecule has 2 amide bonds. The molecule has 5 heteroatoms. The molecule has 0 aromatic carbocycles. The van der Waals surface area contributed by atoms with Crippen LogP contribution < -0.4 is 0 Å². The molecule has 1 aliphatic heterocycles. The molecule has 0 unspecified atom stereocenters. The molecule has 0 radical (unpaired) electrons. The highest BCUT2D eigenvalue weighted by molar-refractivity contribution is 6.05. The van der Waals surface area contributed by atoms with Crippen molar-refractivity contribution in [3.63, 3.8) is 0 Å². The lowest BCUT2D eigenvalue weighted by molar-refractivity contribution is -0.124. The van der Waals surface area contributed by atoms with Crippen LogP contribution >= 0.6 is 0 Å². The first-order valence-electron chi connectivity index (χ1n) is 6.06. The molecule has 0 bridgehead atoms. The molecule has 5 nitrogen and oxygen atoms in total. The summed E-state index contributed by atoms with van der Waals surface area (Å²) in [6.45, 7) is 0. The highest BCUT2D eigenvalue weighted by Crippen LogP contribution is 2.54. The van der Waals surface area contributed by atoms with Crippen LogP contribution in [0.3, 0.4) is 0 Å². The van der Waals surface area contributed by atoms with E-state index in [4.69, 9.17) is 10.2 Å². The van der Waals surface area contributed by atoms with Gasteiger partial charge < -0.3 is 10.2 Å². The van der Waals surface area contributed by atoms with Gasteiger partial charge in [-0.3, -0.25) is 4.79 Å². The van der Waals surface area contributed by atoms with Crippen LogP contribution in [0.2, 0.25) is 0 Å². The number of hydrogen-bond donors (Lipinski definition) is 2. The quantitative estimate of drug-likeness (QED) is 0.497. The summed E-state index contributed by atoms with van der Waals surface area (Å²) in [5.41, 5.74) is 0.284. The lowest BCUT2D eigenvalue weighted by Gasteiger charge is -2.24. The molecule has 2 N–H and O–H groups in total. The van der Waals surface area contributed by atoms with Crippen LogP contribution in [0.1, 0.15) is 25.7 Å². The number of aliphatic hydroxyl groups excluding tert-OH is 1. The van der Waals surface area contributed by atoms with Gasteiger partial charge in [0.1, 0.15) is 0 Å². The van der Waals surface area contributed by atoms with Crippen molar-refractivity contribution in [2.75, 3.05) is 0 Å². The maximum atomic E-state index is 11.9. The van der Waals surface area contributed by atoms with Crippen LogP contribution in [0.25, 0.3) is 0 Å². The van der Waals surface area contributed by atoms with Gasteiger partial charge in [-0.05, 0) is 24.7 Å². The van der Waals surface area contributed by atoms with Crippen molar-refractivity contribution < 1.29 is 19.8 Å². The van der Waals surface area contributed by atoms with Gasteiger partial charge in [0, 0.05) is 5.92 Å². The second-order valence-electron chi connectivity index (χ2n) is 5.23. The zero-order valence-electron chi connectivity index (χ0n) is 9.37. The van der Waals surface area contributed by atoms with Crippen molar-refractivity contribution >= 4 is 12.0 Å². The zero-order chi connectivity index (χ0) is 12.2. The van der Waals surface area contributed by atoms with Crippen molar-refractivity contribution in [3.05, 3.63) is 11.8 Å². The van der Waals surface area contributed by atoms with Gasteiger partial charge in [-0.25, -0.2) is 9.69 Å². The molecular weight excluding hydrogens is 222 g/mol. The van der Waals surface area contributed by atoms with E-state index >= 15 is 0 Å². The number of carboxylic acid groups (broad SMARTS) is 1. The van der Waals surface area contributed by atoms with Crippen LogP contribution in [-0.2, 0) is 4.79 Å². The molecule has 0 spiro atoms. The molecule has 2 saturated carbocycles. The average molecular weight is 237 g/mol. The topological polar surface area (TPSA) is 77.8 Å². The lowest BCUT2D eigenvalue weighted by Crippen LogP contribution is -2.41. The van der Waals surface area contributed by atoms with Gasteiger partial charge >= 0.3 is 6.09 Å². The highest BCUT2D eigenvalue weighted by atomic mass is 16.4. The van der Waals surface area contributed by atoms with Gasteiger partial charge in [0.05, 0.1) is 17.9 Å². The third-order valence-corrected chi connectivity index (χ3v) is 4.63. The number of amides is 2. The van der Waals surface area contributed by atoms with Crippen molar-refractivity contribution in [2.45, 2.75) is 31.7 Å². The number of rotatable bonds is 0. The van der Waals surface area contributed by atoms with Crippen molar-refractivity contribution in [1.82, 2.24) is 4.90 Å². The number of carbonyl (C=O) groups is 2. The van der Waals surface area contributed by atoms with Crippen molar-refractivity contribution in [3.8, 4) is 0 Å². The van der Waals surface area contributed by atoms with Crippen LogP contribution in [0, 0.1) is 17.8 Å². The molecule has 17 heavy (non-hydrogen) atoms. The largest absolute Gasteiger partial charge is 0.515 e. The Hall–Kier alpha value is -1.52. The molecule has 92 valence electrons. The fourth-order valence-corrected chi connectivity index (χ4v) is 4.05. The first kappa shape index (κ1) is 10.6. The SMILES string of the molecule is O=C(O)N1C(=O)C(=CO)[C@H]2C[C@@H]3CCC[C@@H]3[C@H]21. The summed E-state index contributed by atoms with van der Waals surface area (Å²) >= 11 is 0. The van der Waals surface area contributed by atoms with Crippen molar-refractivity contribution in [2.24, 2.45) is 17.8 Å². The fraction of sp³-hybridized carbons (Fsp3) is 0.667. The van der Waals surface area contributed by atoms with Crippen molar-refractivity contribution in [1.29, 1.82) is 0 Å².